The molecule has 9 nitrogen and oxygen atoms in total. The van der Waals surface area contributed by atoms with Crippen molar-refractivity contribution in [3.05, 3.63) is 21.4 Å². The normalized spacial score (nSPS) is 24.3. The number of benzene rings is 1. The Morgan fingerprint density at radius 3 is 2.00 bits per heavy atom. The summed E-state index contributed by atoms with van der Waals surface area (Å²) in [6.07, 6.45) is -0.705. The van der Waals surface area contributed by atoms with Crippen LogP contribution >= 0.6 is 0 Å². The Hall–Kier alpha value is -0.780. The number of carbonyl (C=O) groups excluding carboxylic acids is 1. The summed E-state index contributed by atoms with van der Waals surface area (Å²) in [5.74, 6) is 0.858. The predicted octanol–water partition coefficient (Wildman–Crippen LogP) is -3.77. The molecule has 2 N–H and O–H groups in total. The number of carbonyl (C=O) groups is 1. The minimum atomic E-state index is -1.31. The molecule has 2 aliphatic rings. The zero-order valence-corrected chi connectivity index (χ0v) is 22.1. The van der Waals surface area contributed by atoms with Crippen molar-refractivity contribution >= 4 is 41.2 Å². The molecule has 0 radical (unpaired) electrons. The molecule has 2 unspecified atom stereocenters. The molecule has 0 spiro atoms. The molecule has 0 amide bonds. The average Bonchev–Trinajstić information content (AvgIpc) is 3.07. The van der Waals surface area contributed by atoms with Crippen LogP contribution in [0, 0.1) is 0 Å². The average molecular weight is 675 g/mol. The first kappa shape index (κ1) is 25.8. The van der Waals surface area contributed by atoms with Crippen LogP contribution in [0.4, 0.5) is 0 Å². The molecule has 1 aromatic heterocycles. The van der Waals surface area contributed by atoms with Crippen LogP contribution in [-0.4, -0.2) is 101 Å². The van der Waals surface area contributed by atoms with Crippen LogP contribution < -0.4 is 38.0 Å². The molecule has 1 aliphatic carbocycles. The monoisotopic (exact) mass is 677 g/mol. The van der Waals surface area contributed by atoms with Gasteiger partial charge in [-0.1, -0.05) is 0 Å². The van der Waals surface area contributed by atoms with Crippen LogP contribution in [0.15, 0.2) is 17.7 Å². The topological polar surface area (TPSA) is 108 Å². The van der Waals surface area contributed by atoms with Gasteiger partial charge in [-0.3, -0.25) is 0 Å². The molecule has 1 saturated carbocycles. The van der Waals surface area contributed by atoms with E-state index in [9.17, 15) is 15.0 Å². The van der Waals surface area contributed by atoms with Gasteiger partial charge in [0.05, 0.1) is 0 Å². The second-order valence-corrected chi connectivity index (χ2v) is 10.2. The molecule has 2 atom stereocenters. The van der Waals surface area contributed by atoms with Gasteiger partial charge in [-0.05, 0) is 0 Å². The maximum Gasteiger partial charge on any atom is -1.00 e. The Labute approximate surface area is 212 Å². The number of aliphatic hydroxyl groups is 2. The molecular formula is C21H26INO8Te. The summed E-state index contributed by atoms with van der Waals surface area (Å²) >= 11 is -0.808. The minimum Gasteiger partial charge on any atom is -1.00 e. The van der Waals surface area contributed by atoms with Crippen molar-refractivity contribution in [3.8, 4) is 11.5 Å². The Kier molecular flexibility index (Phi) is 9.75. The van der Waals surface area contributed by atoms with E-state index in [1.54, 1.807) is 6.08 Å². The molecule has 0 bridgehead atoms. The third kappa shape index (κ3) is 5.82. The van der Waals surface area contributed by atoms with Gasteiger partial charge in [0, 0.05) is 0 Å². The van der Waals surface area contributed by atoms with Crippen LogP contribution in [0.25, 0.3) is 15.0 Å². The number of hydrogen-bond acceptors (Lipinski definition) is 8. The fourth-order valence-electron chi connectivity index (χ4n) is 3.31. The number of rotatable bonds is 1. The summed E-state index contributed by atoms with van der Waals surface area (Å²) in [6, 6.07) is 3.93. The van der Waals surface area contributed by atoms with Crippen molar-refractivity contribution < 1.29 is 67.2 Å². The van der Waals surface area contributed by atoms with E-state index < -0.39 is 38.4 Å². The molecule has 1 fully saturated rings. The SMILES string of the molecule is C[n+]1c(/C=C2\C(=O)C(O)C2O)[te]c2cc3c(cc21)OCCOCCOCCOCCO3.[I-]. The molecule has 32 heavy (non-hydrogen) atoms. The number of aromatic nitrogens is 1. The molecule has 0 saturated heterocycles. The number of ketones is 1. The molecule has 1 aromatic carbocycles. The summed E-state index contributed by atoms with van der Waals surface area (Å²) in [7, 11) is 1.92. The number of hydrogen-bond donors (Lipinski definition) is 2. The van der Waals surface area contributed by atoms with Crippen LogP contribution in [0.5, 0.6) is 11.5 Å². The van der Waals surface area contributed by atoms with Gasteiger partial charge in [-0.15, -0.1) is 0 Å². The number of fused-ring (bicyclic) bond motifs is 2. The summed E-state index contributed by atoms with van der Waals surface area (Å²) in [5.41, 5.74) is 1.25. The quantitative estimate of drug-likeness (QED) is 0.138. The first-order valence-corrected chi connectivity index (χ1v) is 12.5. The fraction of sp³-hybridized carbons (Fsp3) is 0.524. The van der Waals surface area contributed by atoms with Crippen LogP contribution in [-0.2, 0) is 26.1 Å². The van der Waals surface area contributed by atoms with Crippen molar-refractivity contribution in [2.45, 2.75) is 12.2 Å². The summed E-state index contributed by atoms with van der Waals surface area (Å²) < 4.78 is 32.5. The van der Waals surface area contributed by atoms with Gasteiger partial charge in [0.15, 0.2) is 0 Å². The van der Waals surface area contributed by atoms with E-state index in [0.717, 1.165) is 12.6 Å². The number of aliphatic hydroxyl groups excluding tert-OH is 2. The van der Waals surface area contributed by atoms with Crippen molar-refractivity contribution in [3.63, 3.8) is 0 Å². The molecule has 4 rings (SSSR count). The molecule has 1 aliphatic heterocycles. The number of aryl methyl sites for hydroxylation is 1. The fourth-order valence-corrected chi connectivity index (χ4v) is 6.49. The zero-order chi connectivity index (χ0) is 21.8. The Balaban J connectivity index is 0.00000289. The third-order valence-electron chi connectivity index (χ3n) is 5.10. The van der Waals surface area contributed by atoms with Gasteiger partial charge in [0.1, 0.15) is 0 Å². The standard InChI is InChI=1S/C21H26NO8Te.HI/c1-22-14-11-15-16(30-9-7-28-5-3-26-2-4-27-6-8-29-15)12-17(14)31-18(22)10-13-19(23)21(25)20(13)24;/h10-12,19,21,23,25H,2-9H2,1H3;1H/q+1;/p-1/b13-10-;. The maximum absolute atomic E-state index is 11.8. The summed E-state index contributed by atoms with van der Waals surface area (Å²) in [4.78, 5) is 11.8. The second-order valence-electron chi connectivity index (χ2n) is 7.15. The van der Waals surface area contributed by atoms with Crippen molar-refractivity contribution in [2.24, 2.45) is 7.05 Å². The van der Waals surface area contributed by atoms with Gasteiger partial charge in [-0.2, -0.15) is 0 Å². The number of nitrogens with zero attached hydrogens (tertiary/aromatic N) is 1. The Bertz CT molecular complexity index is 978. The first-order valence-electron chi connectivity index (χ1n) is 10.1. The molecular weight excluding hydrogens is 649 g/mol. The maximum atomic E-state index is 11.8. The smallest absolute Gasteiger partial charge is 1.00 e. The summed E-state index contributed by atoms with van der Waals surface area (Å²) in [6.45, 7) is 3.68. The molecule has 2 aromatic rings. The summed E-state index contributed by atoms with van der Waals surface area (Å²) in [5, 5.41) is 19.4. The van der Waals surface area contributed by atoms with Crippen molar-refractivity contribution in [1.82, 2.24) is 0 Å². The van der Waals surface area contributed by atoms with Gasteiger partial charge >= 0.3 is 189 Å². The number of Topliss-reactive ketones (excluding diaryl/α,β-unsaturated/α-hetero) is 1. The van der Waals surface area contributed by atoms with Crippen LogP contribution in [0.3, 0.4) is 0 Å². The molecule has 2 heterocycles. The largest absolute Gasteiger partial charge is 1.00 e. The number of ether oxygens (including phenoxy) is 5. The molecule has 11 heteroatoms. The van der Waals surface area contributed by atoms with Crippen molar-refractivity contribution in [2.75, 3.05) is 52.9 Å². The van der Waals surface area contributed by atoms with Gasteiger partial charge in [0.2, 0.25) is 0 Å². The minimum absolute atomic E-state index is 0. The second kappa shape index (κ2) is 12.1. The van der Waals surface area contributed by atoms with E-state index >= 15 is 0 Å². The van der Waals surface area contributed by atoms with E-state index in [1.807, 2.05) is 23.7 Å². The van der Waals surface area contributed by atoms with E-state index in [4.69, 9.17) is 23.7 Å². The van der Waals surface area contributed by atoms with E-state index in [2.05, 4.69) is 0 Å². The van der Waals surface area contributed by atoms with Crippen LogP contribution in [0.2, 0.25) is 0 Å². The molecule has 176 valence electrons. The first-order chi connectivity index (χ1) is 15.1. The Morgan fingerprint density at radius 1 is 0.906 bits per heavy atom. The van der Waals surface area contributed by atoms with Gasteiger partial charge in [0.25, 0.3) is 0 Å². The van der Waals surface area contributed by atoms with E-state index in [1.165, 1.54) is 0 Å². The van der Waals surface area contributed by atoms with Crippen molar-refractivity contribution in [1.29, 1.82) is 0 Å². The van der Waals surface area contributed by atoms with E-state index in [-0.39, 0.29) is 29.5 Å². The predicted molar refractivity (Wildman–Crippen MR) is 111 cm³/mol. The third-order valence-corrected chi connectivity index (χ3v) is 8.37. The van der Waals surface area contributed by atoms with E-state index in [0.29, 0.717) is 64.4 Å². The number of halogens is 1. The van der Waals surface area contributed by atoms with Gasteiger partial charge < -0.3 is 24.0 Å². The zero-order valence-electron chi connectivity index (χ0n) is 17.6. The van der Waals surface area contributed by atoms with Crippen LogP contribution in [0.1, 0.15) is 3.71 Å². The Morgan fingerprint density at radius 2 is 1.44 bits per heavy atom. The van der Waals surface area contributed by atoms with Gasteiger partial charge in [-0.25, -0.2) is 0 Å².